The van der Waals surface area contributed by atoms with Gasteiger partial charge in [-0.3, -0.25) is 0 Å². The first kappa shape index (κ1) is 17.9. The maximum Gasteiger partial charge on any atom is 0.0420 e. The second kappa shape index (κ2) is 9.01. The maximum absolute atomic E-state index is 6.07. The predicted octanol–water partition coefficient (Wildman–Crippen LogP) is 3.83. The summed E-state index contributed by atoms with van der Waals surface area (Å²) in [5, 5.41) is 2.47. The van der Waals surface area contributed by atoms with Gasteiger partial charge in [-0.15, -0.1) is 0 Å². The van der Waals surface area contributed by atoms with Crippen LogP contribution in [0.4, 0.5) is 0 Å². The summed E-state index contributed by atoms with van der Waals surface area (Å²) in [5.41, 5.74) is 9.91. The van der Waals surface area contributed by atoms with Gasteiger partial charge in [-0.2, -0.15) is 0 Å². The molecule has 0 radical (unpaired) electrons. The zero-order valence-electron chi connectivity index (χ0n) is 14.3. The normalized spacial score (nSPS) is 27.4. The number of nitrogens with two attached hydrogens (primary N) is 1. The van der Waals surface area contributed by atoms with E-state index in [9.17, 15) is 0 Å². The Bertz CT molecular complexity index is 247. The summed E-state index contributed by atoms with van der Waals surface area (Å²) in [6.07, 6.45) is 11.8. The lowest BCUT2D eigenvalue weighted by Gasteiger charge is -2.45. The molecule has 0 saturated carbocycles. The first-order valence-electron chi connectivity index (χ1n) is 8.78. The van der Waals surface area contributed by atoms with Gasteiger partial charge < -0.3 is 5.73 Å². The Hall–Kier alpha value is -0.120. The molecule has 3 unspecified atom stereocenters. The third-order valence-electron chi connectivity index (χ3n) is 4.88. The number of hydrogen-bond acceptors (Lipinski definition) is 3. The molecule has 1 fully saturated rings. The lowest BCUT2D eigenvalue weighted by molar-refractivity contribution is 0.00368. The van der Waals surface area contributed by atoms with Gasteiger partial charge in [0.2, 0.25) is 0 Å². The van der Waals surface area contributed by atoms with Gasteiger partial charge in [0.25, 0.3) is 0 Å². The average Bonchev–Trinajstić information content (AvgIpc) is 2.43. The van der Waals surface area contributed by atoms with Crippen LogP contribution in [0.5, 0.6) is 0 Å². The van der Waals surface area contributed by atoms with Gasteiger partial charge in [0.1, 0.15) is 0 Å². The molecule has 3 heteroatoms. The highest BCUT2D eigenvalue weighted by Gasteiger charge is 2.31. The second-order valence-corrected chi connectivity index (χ2v) is 7.08. The van der Waals surface area contributed by atoms with E-state index < -0.39 is 0 Å². The summed E-state index contributed by atoms with van der Waals surface area (Å²) in [5.74, 6) is 0. The van der Waals surface area contributed by atoms with Crippen molar-refractivity contribution in [2.24, 2.45) is 5.73 Å². The third-order valence-corrected chi connectivity index (χ3v) is 4.88. The van der Waals surface area contributed by atoms with Gasteiger partial charge in [-0.25, -0.2) is 10.4 Å². The Balaban J connectivity index is 2.42. The van der Waals surface area contributed by atoms with Crippen molar-refractivity contribution >= 4 is 0 Å². The zero-order chi connectivity index (χ0) is 15.0. The van der Waals surface area contributed by atoms with E-state index in [-0.39, 0.29) is 5.54 Å². The van der Waals surface area contributed by atoms with Crippen molar-refractivity contribution < 1.29 is 0 Å². The molecule has 1 saturated heterocycles. The number of piperidine rings is 1. The minimum absolute atomic E-state index is 0.0616. The minimum Gasteiger partial charge on any atom is -0.329 e. The fraction of sp³-hybridized carbons (Fsp3) is 1.00. The summed E-state index contributed by atoms with van der Waals surface area (Å²) in [6, 6.07) is 1.26. The van der Waals surface area contributed by atoms with Gasteiger partial charge in [0, 0.05) is 24.2 Å². The van der Waals surface area contributed by atoms with Crippen molar-refractivity contribution in [1.29, 1.82) is 0 Å². The van der Waals surface area contributed by atoms with Crippen LogP contribution >= 0.6 is 0 Å². The van der Waals surface area contributed by atoms with Crippen molar-refractivity contribution in [3.63, 3.8) is 0 Å². The Kier molecular flexibility index (Phi) is 8.08. The van der Waals surface area contributed by atoms with Crippen molar-refractivity contribution in [2.75, 3.05) is 6.54 Å². The number of nitrogens with zero attached hydrogens (tertiary/aromatic N) is 1. The molecular weight excluding hydrogens is 246 g/mol. The number of hydrogen-bond donors (Lipinski definition) is 2. The van der Waals surface area contributed by atoms with E-state index >= 15 is 0 Å². The molecule has 0 amide bonds. The lowest BCUT2D eigenvalue weighted by Crippen LogP contribution is -2.62. The van der Waals surface area contributed by atoms with Gasteiger partial charge in [-0.1, -0.05) is 45.4 Å². The van der Waals surface area contributed by atoms with Crippen LogP contribution in [0.3, 0.4) is 0 Å². The standard InChI is InChI=1S/C17H37N3/c1-5-6-7-8-9-13-17(4,14-18)19-20-15(2)11-10-12-16(20)3/h15-16,19H,5-14,18H2,1-4H3. The van der Waals surface area contributed by atoms with E-state index in [2.05, 4.69) is 38.1 Å². The monoisotopic (exact) mass is 283 g/mol. The Morgan fingerprint density at radius 1 is 1.10 bits per heavy atom. The lowest BCUT2D eigenvalue weighted by atomic mass is 9.93. The predicted molar refractivity (Wildman–Crippen MR) is 88.6 cm³/mol. The second-order valence-electron chi connectivity index (χ2n) is 7.08. The van der Waals surface area contributed by atoms with E-state index in [1.165, 1.54) is 57.8 Å². The highest BCUT2D eigenvalue weighted by molar-refractivity contribution is 4.87. The van der Waals surface area contributed by atoms with E-state index in [0.717, 1.165) is 6.54 Å². The Morgan fingerprint density at radius 3 is 2.25 bits per heavy atom. The number of rotatable bonds is 9. The summed E-state index contributed by atoms with van der Waals surface area (Å²) in [7, 11) is 0. The van der Waals surface area contributed by atoms with Crippen LogP contribution in [0.15, 0.2) is 0 Å². The number of unbranched alkanes of at least 4 members (excludes halogenated alkanes) is 4. The molecule has 0 aromatic heterocycles. The molecule has 0 aliphatic carbocycles. The third kappa shape index (κ3) is 5.71. The molecule has 0 spiro atoms. The van der Waals surface area contributed by atoms with E-state index in [0.29, 0.717) is 12.1 Å². The molecule has 1 aliphatic heterocycles. The SMILES string of the molecule is CCCCCCCC(C)(CN)NN1C(C)CCCC1C. The highest BCUT2D eigenvalue weighted by atomic mass is 15.6. The Labute approximate surface area is 126 Å². The molecule has 120 valence electrons. The first-order chi connectivity index (χ1) is 9.52. The molecule has 1 rings (SSSR count). The van der Waals surface area contributed by atoms with E-state index in [4.69, 9.17) is 5.73 Å². The van der Waals surface area contributed by atoms with Crippen molar-refractivity contribution in [3.8, 4) is 0 Å². The molecule has 3 atom stereocenters. The zero-order valence-corrected chi connectivity index (χ0v) is 14.3. The molecule has 1 aliphatic rings. The van der Waals surface area contributed by atoms with Crippen LogP contribution < -0.4 is 11.2 Å². The van der Waals surface area contributed by atoms with Crippen LogP contribution in [0.1, 0.15) is 85.5 Å². The maximum atomic E-state index is 6.07. The molecule has 0 aromatic rings. The van der Waals surface area contributed by atoms with Crippen molar-refractivity contribution in [3.05, 3.63) is 0 Å². The molecular formula is C17H37N3. The molecule has 3 nitrogen and oxygen atoms in total. The van der Waals surface area contributed by atoms with Crippen LogP contribution in [0.2, 0.25) is 0 Å². The Morgan fingerprint density at radius 2 is 1.70 bits per heavy atom. The van der Waals surface area contributed by atoms with Crippen LogP contribution in [0.25, 0.3) is 0 Å². The average molecular weight is 284 g/mol. The van der Waals surface area contributed by atoms with Crippen molar-refractivity contribution in [1.82, 2.24) is 10.4 Å². The van der Waals surface area contributed by atoms with E-state index in [1.807, 2.05) is 0 Å². The first-order valence-corrected chi connectivity index (χ1v) is 8.78. The quantitative estimate of drug-likeness (QED) is 0.632. The van der Waals surface area contributed by atoms with E-state index in [1.54, 1.807) is 0 Å². The summed E-state index contributed by atoms with van der Waals surface area (Å²) >= 11 is 0. The fourth-order valence-corrected chi connectivity index (χ4v) is 3.28. The van der Waals surface area contributed by atoms with Gasteiger partial charge in [0.15, 0.2) is 0 Å². The molecule has 1 heterocycles. The van der Waals surface area contributed by atoms with Crippen LogP contribution in [0, 0.1) is 0 Å². The highest BCUT2D eigenvalue weighted by Crippen LogP contribution is 2.24. The molecule has 0 bridgehead atoms. The largest absolute Gasteiger partial charge is 0.329 e. The topological polar surface area (TPSA) is 41.3 Å². The fourth-order valence-electron chi connectivity index (χ4n) is 3.28. The van der Waals surface area contributed by atoms with Gasteiger partial charge in [0.05, 0.1) is 0 Å². The minimum atomic E-state index is 0.0616. The van der Waals surface area contributed by atoms with Gasteiger partial charge >= 0.3 is 0 Å². The molecule has 0 aromatic carbocycles. The van der Waals surface area contributed by atoms with Crippen molar-refractivity contribution in [2.45, 2.75) is 103 Å². The smallest absolute Gasteiger partial charge is 0.0420 e. The van der Waals surface area contributed by atoms with Crippen LogP contribution in [-0.4, -0.2) is 29.2 Å². The summed E-state index contributed by atoms with van der Waals surface area (Å²) in [6.45, 7) is 9.95. The summed E-state index contributed by atoms with van der Waals surface area (Å²) in [4.78, 5) is 0. The summed E-state index contributed by atoms with van der Waals surface area (Å²) < 4.78 is 0. The van der Waals surface area contributed by atoms with Gasteiger partial charge in [-0.05, 0) is 40.0 Å². The number of nitrogens with one attached hydrogen (secondary N) is 1. The number of hydrazine groups is 1. The molecule has 3 N–H and O–H groups in total. The molecule has 20 heavy (non-hydrogen) atoms. The van der Waals surface area contributed by atoms with Crippen LogP contribution in [-0.2, 0) is 0 Å².